The first-order valence-electron chi connectivity index (χ1n) is 6.48. The van der Waals surface area contributed by atoms with Crippen molar-refractivity contribution in [2.24, 2.45) is 0 Å². The maximum atomic E-state index is 4.30. The predicted octanol–water partition coefficient (Wildman–Crippen LogP) is 3.24. The van der Waals surface area contributed by atoms with Gasteiger partial charge in [-0.3, -0.25) is 4.98 Å². The molecule has 2 rings (SSSR count). The quantitative estimate of drug-likeness (QED) is 0.868. The van der Waals surface area contributed by atoms with Gasteiger partial charge >= 0.3 is 0 Å². The third-order valence-corrected chi connectivity index (χ3v) is 3.12. The number of hydrogen-bond acceptors (Lipinski definition) is 2. The van der Waals surface area contributed by atoms with Gasteiger partial charge in [-0.1, -0.05) is 37.3 Å². The monoisotopic (exact) mass is 240 g/mol. The van der Waals surface area contributed by atoms with Gasteiger partial charge in [-0.2, -0.15) is 0 Å². The summed E-state index contributed by atoms with van der Waals surface area (Å²) >= 11 is 0. The standard InChI is InChI=1S/C16H20N2/c1-3-15-6-4-5-7-16(15)12-17-10-14-9-8-13(2)18-11-14/h4-9,11,17H,3,10,12H2,1-2H3. The Hall–Kier alpha value is -1.67. The van der Waals surface area contributed by atoms with Crippen molar-refractivity contribution < 1.29 is 0 Å². The minimum Gasteiger partial charge on any atom is -0.309 e. The zero-order valence-electron chi connectivity index (χ0n) is 11.1. The van der Waals surface area contributed by atoms with Crippen molar-refractivity contribution in [1.29, 1.82) is 0 Å². The minimum atomic E-state index is 0.866. The first-order chi connectivity index (χ1) is 8.79. The number of nitrogens with zero attached hydrogens (tertiary/aromatic N) is 1. The Morgan fingerprint density at radius 3 is 2.44 bits per heavy atom. The topological polar surface area (TPSA) is 24.9 Å². The van der Waals surface area contributed by atoms with Gasteiger partial charge in [0.2, 0.25) is 0 Å². The van der Waals surface area contributed by atoms with Crippen molar-refractivity contribution in [1.82, 2.24) is 10.3 Å². The van der Waals surface area contributed by atoms with E-state index in [1.807, 2.05) is 13.1 Å². The highest BCUT2D eigenvalue weighted by atomic mass is 14.9. The van der Waals surface area contributed by atoms with Crippen molar-refractivity contribution in [3.8, 4) is 0 Å². The fourth-order valence-electron chi connectivity index (χ4n) is 2.02. The number of pyridine rings is 1. The third kappa shape index (κ3) is 3.41. The van der Waals surface area contributed by atoms with Crippen LogP contribution in [0, 0.1) is 6.92 Å². The average Bonchev–Trinajstić information content (AvgIpc) is 2.41. The number of aromatic nitrogens is 1. The third-order valence-electron chi connectivity index (χ3n) is 3.12. The van der Waals surface area contributed by atoms with Crippen LogP contribution < -0.4 is 5.32 Å². The molecule has 0 amide bonds. The lowest BCUT2D eigenvalue weighted by Crippen LogP contribution is -2.14. The number of aryl methyl sites for hydroxylation is 2. The summed E-state index contributed by atoms with van der Waals surface area (Å²) in [5.41, 5.74) is 5.11. The van der Waals surface area contributed by atoms with E-state index in [1.165, 1.54) is 16.7 Å². The van der Waals surface area contributed by atoms with E-state index in [2.05, 4.69) is 53.6 Å². The van der Waals surface area contributed by atoms with Gasteiger partial charge in [0.15, 0.2) is 0 Å². The van der Waals surface area contributed by atoms with Gasteiger partial charge < -0.3 is 5.32 Å². The molecule has 0 unspecified atom stereocenters. The van der Waals surface area contributed by atoms with Gasteiger partial charge in [0.25, 0.3) is 0 Å². The van der Waals surface area contributed by atoms with Crippen LogP contribution in [0.25, 0.3) is 0 Å². The van der Waals surface area contributed by atoms with Crippen LogP contribution in [0.15, 0.2) is 42.6 Å². The fourth-order valence-corrected chi connectivity index (χ4v) is 2.02. The SMILES string of the molecule is CCc1ccccc1CNCc1ccc(C)nc1. The lowest BCUT2D eigenvalue weighted by molar-refractivity contribution is 0.686. The van der Waals surface area contributed by atoms with Crippen molar-refractivity contribution in [2.75, 3.05) is 0 Å². The molecule has 1 aromatic heterocycles. The first kappa shape index (κ1) is 12.8. The molecule has 1 N–H and O–H groups in total. The summed E-state index contributed by atoms with van der Waals surface area (Å²) in [5, 5.41) is 3.47. The van der Waals surface area contributed by atoms with Gasteiger partial charge in [-0.15, -0.1) is 0 Å². The molecule has 0 radical (unpaired) electrons. The summed E-state index contributed by atoms with van der Waals surface area (Å²) in [4.78, 5) is 4.30. The van der Waals surface area contributed by atoms with E-state index in [9.17, 15) is 0 Å². The molecule has 0 bridgehead atoms. The lowest BCUT2D eigenvalue weighted by atomic mass is 10.1. The van der Waals surface area contributed by atoms with E-state index in [0.717, 1.165) is 25.2 Å². The van der Waals surface area contributed by atoms with E-state index in [1.54, 1.807) is 0 Å². The predicted molar refractivity (Wildman–Crippen MR) is 75.3 cm³/mol. The number of rotatable bonds is 5. The highest BCUT2D eigenvalue weighted by Crippen LogP contribution is 2.09. The normalized spacial score (nSPS) is 10.6. The Labute approximate surface area is 109 Å². The number of hydrogen-bond donors (Lipinski definition) is 1. The molecule has 1 aromatic carbocycles. The molecular weight excluding hydrogens is 220 g/mol. The fraction of sp³-hybridized carbons (Fsp3) is 0.312. The van der Waals surface area contributed by atoms with E-state index < -0.39 is 0 Å². The van der Waals surface area contributed by atoms with E-state index >= 15 is 0 Å². The zero-order chi connectivity index (χ0) is 12.8. The Morgan fingerprint density at radius 2 is 1.78 bits per heavy atom. The van der Waals surface area contributed by atoms with Crippen molar-refractivity contribution >= 4 is 0 Å². The second-order valence-corrected chi connectivity index (χ2v) is 4.53. The molecule has 2 nitrogen and oxygen atoms in total. The molecule has 0 fully saturated rings. The highest BCUT2D eigenvalue weighted by Gasteiger charge is 1.99. The summed E-state index contributed by atoms with van der Waals surface area (Å²) in [5.74, 6) is 0. The lowest BCUT2D eigenvalue weighted by Gasteiger charge is -2.09. The largest absolute Gasteiger partial charge is 0.309 e. The molecule has 0 aliphatic carbocycles. The molecule has 2 heteroatoms. The van der Waals surface area contributed by atoms with Crippen LogP contribution >= 0.6 is 0 Å². The second kappa shape index (κ2) is 6.31. The molecule has 0 aliphatic heterocycles. The summed E-state index contributed by atoms with van der Waals surface area (Å²) in [6.45, 7) is 5.99. The number of benzene rings is 1. The van der Waals surface area contributed by atoms with Gasteiger partial charge in [0.1, 0.15) is 0 Å². The maximum Gasteiger partial charge on any atom is 0.0372 e. The summed E-state index contributed by atoms with van der Waals surface area (Å²) in [6, 6.07) is 12.8. The minimum absolute atomic E-state index is 0.866. The summed E-state index contributed by atoms with van der Waals surface area (Å²) in [6.07, 6.45) is 3.03. The molecule has 0 saturated heterocycles. The summed E-state index contributed by atoms with van der Waals surface area (Å²) < 4.78 is 0. The van der Waals surface area contributed by atoms with E-state index in [4.69, 9.17) is 0 Å². The van der Waals surface area contributed by atoms with Gasteiger partial charge in [0.05, 0.1) is 0 Å². The molecule has 0 saturated carbocycles. The first-order valence-corrected chi connectivity index (χ1v) is 6.48. The Balaban J connectivity index is 1.90. The molecule has 18 heavy (non-hydrogen) atoms. The van der Waals surface area contributed by atoms with Crippen LogP contribution in [0.1, 0.15) is 29.3 Å². The Morgan fingerprint density at radius 1 is 1.00 bits per heavy atom. The smallest absolute Gasteiger partial charge is 0.0372 e. The Bertz CT molecular complexity index is 489. The van der Waals surface area contributed by atoms with E-state index in [-0.39, 0.29) is 0 Å². The molecule has 1 heterocycles. The molecule has 0 aliphatic rings. The number of nitrogens with one attached hydrogen (secondary N) is 1. The molecule has 94 valence electrons. The van der Waals surface area contributed by atoms with E-state index in [0.29, 0.717) is 0 Å². The van der Waals surface area contributed by atoms with Gasteiger partial charge in [-0.05, 0) is 36.1 Å². The highest BCUT2D eigenvalue weighted by molar-refractivity contribution is 5.27. The van der Waals surface area contributed by atoms with Crippen molar-refractivity contribution in [2.45, 2.75) is 33.4 Å². The average molecular weight is 240 g/mol. The molecular formula is C16H20N2. The molecule has 0 spiro atoms. The van der Waals surface area contributed by atoms with Crippen LogP contribution in [0.2, 0.25) is 0 Å². The summed E-state index contributed by atoms with van der Waals surface area (Å²) in [7, 11) is 0. The van der Waals surface area contributed by atoms with Crippen LogP contribution in [-0.4, -0.2) is 4.98 Å². The molecule has 0 atom stereocenters. The van der Waals surface area contributed by atoms with Gasteiger partial charge in [0, 0.05) is 25.0 Å². The van der Waals surface area contributed by atoms with Crippen molar-refractivity contribution in [3.05, 3.63) is 65.0 Å². The molecule has 2 aromatic rings. The Kier molecular flexibility index (Phi) is 4.48. The second-order valence-electron chi connectivity index (χ2n) is 4.53. The van der Waals surface area contributed by atoms with Crippen LogP contribution in [-0.2, 0) is 19.5 Å². The zero-order valence-corrected chi connectivity index (χ0v) is 11.1. The van der Waals surface area contributed by atoms with Crippen LogP contribution in [0.5, 0.6) is 0 Å². The van der Waals surface area contributed by atoms with Gasteiger partial charge in [-0.25, -0.2) is 0 Å². The van der Waals surface area contributed by atoms with Crippen molar-refractivity contribution in [3.63, 3.8) is 0 Å². The van der Waals surface area contributed by atoms with Crippen LogP contribution in [0.4, 0.5) is 0 Å². The van der Waals surface area contributed by atoms with Crippen LogP contribution in [0.3, 0.4) is 0 Å². The maximum absolute atomic E-state index is 4.30.